The normalized spacial score (nSPS) is 11.6. The van der Waals surface area contributed by atoms with Crippen LogP contribution in [0.3, 0.4) is 0 Å². The predicted molar refractivity (Wildman–Crippen MR) is 126 cm³/mol. The highest BCUT2D eigenvalue weighted by Crippen LogP contribution is 2.14. The molecule has 0 aliphatic heterocycles. The van der Waals surface area contributed by atoms with Gasteiger partial charge in [0.2, 0.25) is 0 Å². The Morgan fingerprint density at radius 2 is 1.33 bits per heavy atom. The van der Waals surface area contributed by atoms with E-state index in [0.29, 0.717) is 5.56 Å². The first-order chi connectivity index (χ1) is 14.7. The molecule has 0 saturated carbocycles. The van der Waals surface area contributed by atoms with Gasteiger partial charge in [0.05, 0.1) is 5.56 Å². The van der Waals surface area contributed by atoms with Crippen molar-refractivity contribution in [3.8, 4) is 6.07 Å². The van der Waals surface area contributed by atoms with E-state index in [0.717, 1.165) is 12.2 Å². The highest BCUT2D eigenvalue weighted by Gasteiger charge is 2.10. The van der Waals surface area contributed by atoms with Crippen LogP contribution in [0.2, 0.25) is 0 Å². The minimum absolute atomic E-state index is 0.456. The summed E-state index contributed by atoms with van der Waals surface area (Å²) in [5.41, 5.74) is 1.48. The van der Waals surface area contributed by atoms with Gasteiger partial charge in [-0.05, 0) is 37.6 Å². The summed E-state index contributed by atoms with van der Waals surface area (Å²) in [5.74, 6) is -0.456. The number of carbonyl (C=O) groups excluding carboxylic acids is 1. The van der Waals surface area contributed by atoms with E-state index in [4.69, 9.17) is 10.00 Å². The van der Waals surface area contributed by atoms with Gasteiger partial charge in [-0.25, -0.2) is 4.79 Å². The van der Waals surface area contributed by atoms with Gasteiger partial charge < -0.3 is 10.1 Å². The van der Waals surface area contributed by atoms with Gasteiger partial charge in [-0.3, -0.25) is 0 Å². The molecule has 30 heavy (non-hydrogen) atoms. The highest BCUT2D eigenvalue weighted by atomic mass is 16.5. The first-order valence-electron chi connectivity index (χ1n) is 12.1. The third-order valence-electron chi connectivity index (χ3n) is 5.45. The number of esters is 1. The average Bonchev–Trinajstić information content (AvgIpc) is 2.76. The Hall–Kier alpha value is -2.02. The molecule has 1 unspecified atom stereocenters. The zero-order chi connectivity index (χ0) is 21.9. The molecule has 1 N–H and O–H groups in total. The zero-order valence-corrected chi connectivity index (χ0v) is 19.3. The van der Waals surface area contributed by atoms with Crippen molar-refractivity contribution >= 4 is 11.7 Å². The maximum Gasteiger partial charge on any atom is 0.339 e. The summed E-state index contributed by atoms with van der Waals surface area (Å²) >= 11 is 0. The fourth-order valence-electron chi connectivity index (χ4n) is 3.53. The third-order valence-corrected chi connectivity index (χ3v) is 5.45. The lowest BCUT2D eigenvalue weighted by atomic mass is 10.0. The van der Waals surface area contributed by atoms with Crippen LogP contribution in [-0.4, -0.2) is 18.6 Å². The molecule has 0 radical (unpaired) electrons. The Morgan fingerprint density at radius 1 is 0.867 bits per heavy atom. The number of hydrogen-bond donors (Lipinski definition) is 1. The molecule has 1 aromatic rings. The monoisotopic (exact) mass is 414 g/mol. The molecule has 1 aromatic carbocycles. The molecule has 0 spiro atoms. The second-order valence-corrected chi connectivity index (χ2v) is 8.28. The Balaban J connectivity index is 1.95. The van der Waals surface area contributed by atoms with E-state index < -0.39 is 12.1 Å². The largest absolute Gasteiger partial charge is 0.444 e. The Labute approximate surface area is 184 Å². The number of ether oxygens (including phenoxy) is 1. The van der Waals surface area contributed by atoms with Crippen LogP contribution >= 0.6 is 0 Å². The zero-order valence-electron chi connectivity index (χ0n) is 19.3. The van der Waals surface area contributed by atoms with Crippen LogP contribution in [0.5, 0.6) is 0 Å². The lowest BCUT2D eigenvalue weighted by molar-refractivity contribution is 0.0435. The van der Waals surface area contributed by atoms with E-state index in [1.807, 2.05) is 18.2 Å². The van der Waals surface area contributed by atoms with Gasteiger partial charge in [0, 0.05) is 12.2 Å². The van der Waals surface area contributed by atoms with Gasteiger partial charge in [-0.15, -0.1) is 0 Å². The number of unbranched alkanes of at least 4 members (excludes halogenated alkanes) is 13. The van der Waals surface area contributed by atoms with Crippen molar-refractivity contribution in [1.29, 1.82) is 5.26 Å². The standard InChI is InChI=1S/C26H42N2O2/c1-3-4-5-6-7-8-9-10-11-12-13-14-15-16-21-28-25-19-17-24(18-20-25)26(29)30-23(2)22-27/h17-20,23,28H,3-16,21H2,1-2H3. The van der Waals surface area contributed by atoms with Crippen LogP contribution in [-0.2, 0) is 4.74 Å². The fraction of sp³-hybridized carbons (Fsp3) is 0.692. The van der Waals surface area contributed by atoms with Gasteiger partial charge in [-0.2, -0.15) is 5.26 Å². The van der Waals surface area contributed by atoms with Crippen molar-refractivity contribution in [2.45, 2.75) is 110 Å². The van der Waals surface area contributed by atoms with Crippen LogP contribution in [0.15, 0.2) is 24.3 Å². The molecule has 4 nitrogen and oxygen atoms in total. The van der Waals surface area contributed by atoms with Crippen molar-refractivity contribution in [3.63, 3.8) is 0 Å². The summed E-state index contributed by atoms with van der Waals surface area (Å²) in [5, 5.41) is 12.1. The summed E-state index contributed by atoms with van der Waals surface area (Å²) in [6.45, 7) is 4.79. The lowest BCUT2D eigenvalue weighted by Gasteiger charge is -2.08. The summed E-state index contributed by atoms with van der Waals surface area (Å²) in [4.78, 5) is 11.8. The van der Waals surface area contributed by atoms with Gasteiger partial charge in [0.1, 0.15) is 6.07 Å². The Bertz CT molecular complexity index is 592. The molecule has 1 atom stereocenters. The molecule has 0 aliphatic rings. The number of nitrogens with zero attached hydrogens (tertiary/aromatic N) is 1. The number of benzene rings is 1. The molecule has 0 amide bonds. The SMILES string of the molecule is CCCCCCCCCCCCCCCCNc1ccc(C(=O)OC(C)C#N)cc1. The van der Waals surface area contributed by atoms with E-state index in [-0.39, 0.29) is 0 Å². The first-order valence-corrected chi connectivity index (χ1v) is 12.1. The maximum absolute atomic E-state index is 11.8. The Kier molecular flexibility index (Phi) is 15.4. The molecule has 0 aromatic heterocycles. The van der Waals surface area contributed by atoms with Crippen molar-refractivity contribution in [1.82, 2.24) is 0 Å². The van der Waals surface area contributed by atoms with Crippen LogP contribution < -0.4 is 5.32 Å². The minimum atomic E-state index is -0.726. The molecule has 168 valence electrons. The maximum atomic E-state index is 11.8. The molecule has 1 rings (SSSR count). The number of anilines is 1. The van der Waals surface area contributed by atoms with Gasteiger partial charge >= 0.3 is 5.97 Å². The number of rotatable bonds is 18. The molecule has 0 aliphatic carbocycles. The summed E-state index contributed by atoms with van der Waals surface area (Å²) in [6.07, 6.45) is 18.4. The van der Waals surface area contributed by atoms with Gasteiger partial charge in [0.25, 0.3) is 0 Å². The van der Waals surface area contributed by atoms with E-state index >= 15 is 0 Å². The number of carbonyl (C=O) groups is 1. The van der Waals surface area contributed by atoms with Crippen LogP contribution in [0.25, 0.3) is 0 Å². The van der Waals surface area contributed by atoms with Crippen molar-refractivity contribution < 1.29 is 9.53 Å². The minimum Gasteiger partial charge on any atom is -0.444 e. The van der Waals surface area contributed by atoms with Crippen LogP contribution in [0.1, 0.15) is 114 Å². The molecular weight excluding hydrogens is 372 g/mol. The molecular formula is C26H42N2O2. The number of nitriles is 1. The predicted octanol–water partition coefficient (Wildman–Crippen LogP) is 7.65. The highest BCUT2D eigenvalue weighted by molar-refractivity contribution is 5.90. The molecule has 0 bridgehead atoms. The summed E-state index contributed by atoms with van der Waals surface area (Å²) in [6, 6.07) is 9.14. The smallest absolute Gasteiger partial charge is 0.339 e. The second-order valence-electron chi connectivity index (χ2n) is 8.28. The lowest BCUT2D eigenvalue weighted by Crippen LogP contribution is -2.13. The molecule has 0 heterocycles. The molecule has 0 fully saturated rings. The van der Waals surface area contributed by atoms with E-state index in [2.05, 4.69) is 12.2 Å². The topological polar surface area (TPSA) is 62.1 Å². The Morgan fingerprint density at radius 3 is 1.80 bits per heavy atom. The summed E-state index contributed by atoms with van der Waals surface area (Å²) in [7, 11) is 0. The first kappa shape index (κ1) is 26.0. The molecule has 0 saturated heterocycles. The molecule has 4 heteroatoms. The van der Waals surface area contributed by atoms with Crippen LogP contribution in [0, 0.1) is 11.3 Å². The van der Waals surface area contributed by atoms with Gasteiger partial charge in [-0.1, -0.05) is 90.4 Å². The fourth-order valence-corrected chi connectivity index (χ4v) is 3.53. The third kappa shape index (κ3) is 13.2. The van der Waals surface area contributed by atoms with Crippen molar-refractivity contribution in [2.24, 2.45) is 0 Å². The van der Waals surface area contributed by atoms with E-state index in [9.17, 15) is 4.79 Å². The van der Waals surface area contributed by atoms with Crippen molar-refractivity contribution in [2.75, 3.05) is 11.9 Å². The summed E-state index contributed by atoms with van der Waals surface area (Å²) < 4.78 is 5.00. The second kappa shape index (κ2) is 17.8. The van der Waals surface area contributed by atoms with Crippen LogP contribution in [0.4, 0.5) is 5.69 Å². The number of nitrogens with one attached hydrogen (secondary N) is 1. The van der Waals surface area contributed by atoms with E-state index in [1.165, 1.54) is 89.9 Å². The van der Waals surface area contributed by atoms with E-state index in [1.54, 1.807) is 19.1 Å². The quantitative estimate of drug-likeness (QED) is 0.198. The van der Waals surface area contributed by atoms with Gasteiger partial charge in [0.15, 0.2) is 6.10 Å². The van der Waals surface area contributed by atoms with Crippen molar-refractivity contribution in [3.05, 3.63) is 29.8 Å². The number of hydrogen-bond acceptors (Lipinski definition) is 4. The average molecular weight is 415 g/mol.